The van der Waals surface area contributed by atoms with Crippen LogP contribution in [0.15, 0.2) is 18.2 Å². The molecule has 1 aromatic carbocycles. The largest absolute Gasteiger partial charge is 0.316 e. The summed E-state index contributed by atoms with van der Waals surface area (Å²) in [7, 11) is 0. The number of rotatable bonds is 1. The minimum atomic E-state index is -0.450. The van der Waals surface area contributed by atoms with Gasteiger partial charge in [-0.05, 0) is 67.8 Å². The van der Waals surface area contributed by atoms with Crippen molar-refractivity contribution in [1.82, 2.24) is 5.32 Å². The third kappa shape index (κ3) is 2.34. The molecule has 1 nitrogen and oxygen atoms in total. The first-order valence-corrected chi connectivity index (χ1v) is 6.37. The van der Waals surface area contributed by atoms with Crippen molar-refractivity contribution >= 4 is 0 Å². The fourth-order valence-corrected chi connectivity index (χ4v) is 3.47. The van der Waals surface area contributed by atoms with Gasteiger partial charge in [0.2, 0.25) is 0 Å². The second-order valence-electron chi connectivity index (χ2n) is 5.50. The Kier molecular flexibility index (Phi) is 2.87. The molecule has 0 amide bonds. The average molecular weight is 237 g/mol. The van der Waals surface area contributed by atoms with Crippen LogP contribution in [-0.4, -0.2) is 13.1 Å². The summed E-state index contributed by atoms with van der Waals surface area (Å²) in [6, 6.07) is 3.96. The second-order valence-corrected chi connectivity index (χ2v) is 5.50. The van der Waals surface area contributed by atoms with E-state index in [-0.39, 0.29) is 0 Å². The van der Waals surface area contributed by atoms with Gasteiger partial charge in [-0.1, -0.05) is 0 Å². The number of fused-ring (bicyclic) bond motifs is 2. The summed E-state index contributed by atoms with van der Waals surface area (Å²) >= 11 is 0. The topological polar surface area (TPSA) is 12.0 Å². The maximum Gasteiger partial charge on any atom is 0.126 e. The molecule has 17 heavy (non-hydrogen) atoms. The van der Waals surface area contributed by atoms with Gasteiger partial charge in [-0.3, -0.25) is 0 Å². The van der Waals surface area contributed by atoms with Crippen LogP contribution in [0.25, 0.3) is 0 Å². The summed E-state index contributed by atoms with van der Waals surface area (Å²) in [4.78, 5) is 0. The molecule has 2 bridgehead atoms. The van der Waals surface area contributed by atoms with E-state index in [9.17, 15) is 8.78 Å². The maximum atomic E-state index is 13.2. The zero-order valence-corrected chi connectivity index (χ0v) is 9.76. The Morgan fingerprint density at radius 2 is 1.47 bits per heavy atom. The van der Waals surface area contributed by atoms with Crippen LogP contribution in [-0.2, 0) is 0 Å². The van der Waals surface area contributed by atoms with Crippen LogP contribution in [0.2, 0.25) is 0 Å². The first kappa shape index (κ1) is 11.1. The average Bonchev–Trinajstić information content (AvgIpc) is 2.27. The van der Waals surface area contributed by atoms with Crippen molar-refractivity contribution in [2.75, 3.05) is 13.1 Å². The SMILES string of the molecule is Fc1cc(F)cc(C2C[C@H]3CNC[C@H](C2)C3)c1. The summed E-state index contributed by atoms with van der Waals surface area (Å²) in [5.41, 5.74) is 0.846. The summed E-state index contributed by atoms with van der Waals surface area (Å²) in [6.07, 6.45) is 3.40. The van der Waals surface area contributed by atoms with E-state index in [4.69, 9.17) is 0 Å². The Balaban J connectivity index is 1.83. The lowest BCUT2D eigenvalue weighted by atomic mass is 9.71. The van der Waals surface area contributed by atoms with Crippen LogP contribution in [0.5, 0.6) is 0 Å². The highest BCUT2D eigenvalue weighted by Gasteiger charge is 2.32. The monoisotopic (exact) mass is 237 g/mol. The van der Waals surface area contributed by atoms with Gasteiger partial charge in [0.05, 0.1) is 0 Å². The summed E-state index contributed by atoms with van der Waals surface area (Å²) < 4.78 is 26.4. The Morgan fingerprint density at radius 1 is 0.882 bits per heavy atom. The molecule has 1 saturated carbocycles. The van der Waals surface area contributed by atoms with E-state index in [1.807, 2.05) is 0 Å². The Hall–Kier alpha value is -0.960. The van der Waals surface area contributed by atoms with Crippen LogP contribution in [0.1, 0.15) is 30.7 Å². The molecule has 0 radical (unpaired) electrons. The quantitative estimate of drug-likeness (QED) is 0.791. The molecular weight excluding hydrogens is 220 g/mol. The maximum absolute atomic E-state index is 13.2. The predicted molar refractivity (Wildman–Crippen MR) is 62.8 cm³/mol. The molecule has 92 valence electrons. The molecule has 2 aliphatic rings. The minimum Gasteiger partial charge on any atom is -0.316 e. The molecule has 2 fully saturated rings. The summed E-state index contributed by atoms with van der Waals surface area (Å²) in [5.74, 6) is 0.798. The van der Waals surface area contributed by atoms with Gasteiger partial charge in [0.1, 0.15) is 11.6 Å². The fraction of sp³-hybridized carbons (Fsp3) is 0.571. The summed E-state index contributed by atoms with van der Waals surface area (Å²) in [6.45, 7) is 2.12. The predicted octanol–water partition coefficient (Wildman–Crippen LogP) is 3.07. The van der Waals surface area contributed by atoms with Crippen LogP contribution < -0.4 is 5.32 Å². The van der Waals surface area contributed by atoms with Crippen molar-refractivity contribution in [3.05, 3.63) is 35.4 Å². The zero-order valence-electron chi connectivity index (χ0n) is 9.76. The van der Waals surface area contributed by atoms with Crippen molar-refractivity contribution in [1.29, 1.82) is 0 Å². The number of hydrogen-bond donors (Lipinski definition) is 1. The fourth-order valence-electron chi connectivity index (χ4n) is 3.47. The highest BCUT2D eigenvalue weighted by Crippen LogP contribution is 2.40. The molecule has 1 aliphatic heterocycles. The van der Waals surface area contributed by atoms with E-state index in [1.54, 1.807) is 0 Å². The number of benzene rings is 1. The zero-order chi connectivity index (χ0) is 11.8. The van der Waals surface area contributed by atoms with E-state index in [0.29, 0.717) is 17.8 Å². The van der Waals surface area contributed by atoms with Crippen molar-refractivity contribution < 1.29 is 8.78 Å². The van der Waals surface area contributed by atoms with Crippen molar-refractivity contribution in [2.45, 2.75) is 25.2 Å². The van der Waals surface area contributed by atoms with Crippen molar-refractivity contribution in [3.8, 4) is 0 Å². The highest BCUT2D eigenvalue weighted by atomic mass is 19.1. The molecule has 1 aliphatic carbocycles. The molecule has 0 spiro atoms. The first-order valence-electron chi connectivity index (χ1n) is 6.37. The van der Waals surface area contributed by atoms with Gasteiger partial charge < -0.3 is 5.32 Å². The van der Waals surface area contributed by atoms with Crippen LogP contribution in [0.3, 0.4) is 0 Å². The molecule has 1 aromatic rings. The Bertz CT molecular complexity index is 386. The van der Waals surface area contributed by atoms with Gasteiger partial charge in [-0.25, -0.2) is 8.78 Å². The smallest absolute Gasteiger partial charge is 0.126 e. The minimum absolute atomic E-state index is 0.339. The van der Waals surface area contributed by atoms with Gasteiger partial charge in [-0.15, -0.1) is 0 Å². The van der Waals surface area contributed by atoms with Gasteiger partial charge in [0.15, 0.2) is 0 Å². The van der Waals surface area contributed by atoms with Gasteiger partial charge in [0, 0.05) is 6.07 Å². The van der Waals surface area contributed by atoms with Gasteiger partial charge >= 0.3 is 0 Å². The first-order chi connectivity index (χ1) is 8.20. The number of nitrogens with one attached hydrogen (secondary N) is 1. The molecule has 1 saturated heterocycles. The number of hydrogen-bond acceptors (Lipinski definition) is 1. The second kappa shape index (κ2) is 4.37. The molecule has 1 N–H and O–H groups in total. The van der Waals surface area contributed by atoms with E-state index < -0.39 is 11.6 Å². The van der Waals surface area contributed by atoms with Gasteiger partial charge in [0.25, 0.3) is 0 Å². The van der Waals surface area contributed by atoms with E-state index in [1.165, 1.54) is 18.6 Å². The third-order valence-corrected chi connectivity index (χ3v) is 4.12. The Labute approximate surface area is 100 Å². The molecule has 0 aromatic heterocycles. The standard InChI is InChI=1S/C14H17F2N/c15-13-4-12(5-14(16)6-13)11-2-9-1-10(3-11)8-17-7-9/h4-6,9-11,17H,1-3,7-8H2/t9-,10-/m0/s1. The molecule has 0 unspecified atom stereocenters. The van der Waals surface area contributed by atoms with E-state index in [2.05, 4.69) is 5.32 Å². The molecular formula is C14H17F2N. The lowest BCUT2D eigenvalue weighted by Crippen LogP contribution is -2.40. The van der Waals surface area contributed by atoms with Crippen LogP contribution >= 0.6 is 0 Å². The summed E-state index contributed by atoms with van der Waals surface area (Å²) in [5, 5.41) is 3.43. The van der Waals surface area contributed by atoms with Gasteiger partial charge in [-0.2, -0.15) is 0 Å². The van der Waals surface area contributed by atoms with Crippen LogP contribution in [0.4, 0.5) is 8.78 Å². The lowest BCUT2D eigenvalue weighted by molar-refractivity contribution is 0.186. The molecule has 2 atom stereocenters. The third-order valence-electron chi connectivity index (χ3n) is 4.12. The van der Waals surface area contributed by atoms with Crippen molar-refractivity contribution in [3.63, 3.8) is 0 Å². The molecule has 3 rings (SSSR count). The molecule has 3 heteroatoms. The van der Waals surface area contributed by atoms with Crippen LogP contribution in [0, 0.1) is 23.5 Å². The lowest BCUT2D eigenvalue weighted by Gasteiger charge is -2.39. The van der Waals surface area contributed by atoms with E-state index >= 15 is 0 Å². The highest BCUT2D eigenvalue weighted by molar-refractivity contribution is 5.23. The number of piperidine rings is 1. The number of halogens is 2. The van der Waals surface area contributed by atoms with E-state index in [0.717, 1.165) is 37.6 Å². The normalized spacial score (nSPS) is 32.5. The van der Waals surface area contributed by atoms with Crippen molar-refractivity contribution in [2.24, 2.45) is 11.8 Å². The Morgan fingerprint density at radius 3 is 2.06 bits per heavy atom. The molecule has 1 heterocycles.